The molecule has 0 aliphatic carbocycles. The van der Waals surface area contributed by atoms with Crippen molar-refractivity contribution in [2.24, 2.45) is 0 Å². The molecule has 0 bridgehead atoms. The number of quaternary nitrogens is 1. The van der Waals surface area contributed by atoms with Crippen molar-refractivity contribution < 1.29 is 14.0 Å². The van der Waals surface area contributed by atoms with Crippen molar-refractivity contribution in [1.82, 2.24) is 4.98 Å². The molecule has 2 aromatic carbocycles. The van der Waals surface area contributed by atoms with Crippen LogP contribution in [0, 0.1) is 0 Å². The van der Waals surface area contributed by atoms with Crippen molar-refractivity contribution in [3.8, 4) is 5.75 Å². The Morgan fingerprint density at radius 1 is 1.04 bits per heavy atom. The molecule has 124 valence electrons. The zero-order valence-electron chi connectivity index (χ0n) is 14.4. The highest BCUT2D eigenvalue weighted by Crippen LogP contribution is 2.30. The third-order valence-corrected chi connectivity index (χ3v) is 4.01. The number of nitrogens with zero attached hydrogens (tertiary/aromatic N) is 1. The van der Waals surface area contributed by atoms with E-state index in [1.165, 1.54) is 5.56 Å². The monoisotopic (exact) mass is 323 g/mol. The van der Waals surface area contributed by atoms with Gasteiger partial charge in [-0.2, -0.15) is 0 Å². The molecule has 0 saturated heterocycles. The highest BCUT2D eigenvalue weighted by atomic mass is 16.5. The SMILES string of the molecule is C[N+](C)(C)CCc1c[nH]c2cccc(OC(=O)c3ccccc3)c12. The third kappa shape index (κ3) is 3.66. The van der Waals surface area contributed by atoms with E-state index in [0.717, 1.165) is 28.4 Å². The van der Waals surface area contributed by atoms with Crippen molar-refractivity contribution in [3.63, 3.8) is 0 Å². The number of esters is 1. The van der Waals surface area contributed by atoms with Crippen LogP contribution in [-0.2, 0) is 6.42 Å². The second-order valence-electron chi connectivity index (χ2n) is 7.01. The van der Waals surface area contributed by atoms with Gasteiger partial charge in [-0.05, 0) is 29.8 Å². The summed E-state index contributed by atoms with van der Waals surface area (Å²) in [6, 6.07) is 14.8. The summed E-state index contributed by atoms with van der Waals surface area (Å²) in [4.78, 5) is 15.7. The fourth-order valence-corrected chi connectivity index (χ4v) is 2.69. The number of H-pyrrole nitrogens is 1. The predicted octanol–water partition coefficient (Wildman–Crippen LogP) is 3.64. The van der Waals surface area contributed by atoms with E-state index in [1.807, 2.05) is 42.6 Å². The van der Waals surface area contributed by atoms with Gasteiger partial charge in [0.15, 0.2) is 0 Å². The molecule has 0 aliphatic rings. The largest absolute Gasteiger partial charge is 0.422 e. The molecule has 1 aromatic heterocycles. The lowest BCUT2D eigenvalue weighted by Crippen LogP contribution is -2.36. The van der Waals surface area contributed by atoms with Crippen LogP contribution in [0.2, 0.25) is 0 Å². The molecular formula is C20H23N2O2+. The second-order valence-corrected chi connectivity index (χ2v) is 7.01. The molecule has 1 heterocycles. The van der Waals surface area contributed by atoms with E-state index in [9.17, 15) is 4.79 Å². The van der Waals surface area contributed by atoms with Gasteiger partial charge in [0.1, 0.15) is 5.75 Å². The van der Waals surface area contributed by atoms with Crippen LogP contribution < -0.4 is 4.74 Å². The van der Waals surface area contributed by atoms with Gasteiger partial charge >= 0.3 is 5.97 Å². The first-order valence-electron chi connectivity index (χ1n) is 8.11. The van der Waals surface area contributed by atoms with Gasteiger partial charge in [-0.1, -0.05) is 24.3 Å². The Morgan fingerprint density at radius 3 is 2.50 bits per heavy atom. The summed E-state index contributed by atoms with van der Waals surface area (Å²) in [6.07, 6.45) is 2.93. The number of rotatable bonds is 5. The molecule has 24 heavy (non-hydrogen) atoms. The first-order valence-corrected chi connectivity index (χ1v) is 8.11. The summed E-state index contributed by atoms with van der Waals surface area (Å²) in [5.41, 5.74) is 2.72. The van der Waals surface area contributed by atoms with Crippen molar-refractivity contribution in [2.75, 3.05) is 27.7 Å². The first-order chi connectivity index (χ1) is 11.4. The number of carbonyl (C=O) groups is 1. The molecule has 3 aromatic rings. The van der Waals surface area contributed by atoms with Crippen molar-refractivity contribution in [1.29, 1.82) is 0 Å². The normalized spacial score (nSPS) is 11.6. The summed E-state index contributed by atoms with van der Waals surface area (Å²) >= 11 is 0. The Bertz CT molecular complexity index is 845. The summed E-state index contributed by atoms with van der Waals surface area (Å²) in [7, 11) is 6.52. The molecule has 0 aliphatic heterocycles. The summed E-state index contributed by atoms with van der Waals surface area (Å²) in [5.74, 6) is 0.279. The number of nitrogens with one attached hydrogen (secondary N) is 1. The highest BCUT2D eigenvalue weighted by molar-refractivity contribution is 5.96. The number of fused-ring (bicyclic) bond motifs is 1. The Labute approximate surface area is 142 Å². The molecule has 0 atom stereocenters. The quantitative estimate of drug-likeness (QED) is 0.442. The van der Waals surface area contributed by atoms with E-state index in [0.29, 0.717) is 11.3 Å². The number of hydrogen-bond donors (Lipinski definition) is 1. The topological polar surface area (TPSA) is 42.1 Å². The fraction of sp³-hybridized carbons (Fsp3) is 0.250. The fourth-order valence-electron chi connectivity index (χ4n) is 2.69. The van der Waals surface area contributed by atoms with Crippen LogP contribution in [0.15, 0.2) is 54.7 Å². The van der Waals surface area contributed by atoms with Gasteiger partial charge in [-0.25, -0.2) is 4.79 Å². The van der Waals surface area contributed by atoms with Crippen molar-refractivity contribution >= 4 is 16.9 Å². The van der Waals surface area contributed by atoms with Gasteiger partial charge in [0.2, 0.25) is 0 Å². The standard InChI is InChI=1S/C20H23N2O2/c1-22(2,3)13-12-16-14-21-17-10-7-11-18(19(16)17)24-20(23)15-8-5-4-6-9-15/h4-11,14,21H,12-13H2,1-3H3/q+1. The lowest BCUT2D eigenvalue weighted by molar-refractivity contribution is -0.870. The average Bonchev–Trinajstić information content (AvgIpc) is 2.97. The molecule has 0 radical (unpaired) electrons. The minimum atomic E-state index is -0.332. The van der Waals surface area contributed by atoms with E-state index in [-0.39, 0.29) is 5.97 Å². The molecule has 0 amide bonds. The van der Waals surface area contributed by atoms with Crippen LogP contribution in [0.25, 0.3) is 10.9 Å². The molecule has 4 heteroatoms. The summed E-state index contributed by atoms with van der Waals surface area (Å²) in [6.45, 7) is 1.01. The zero-order valence-corrected chi connectivity index (χ0v) is 14.4. The lowest BCUT2D eigenvalue weighted by Gasteiger charge is -2.23. The Morgan fingerprint density at radius 2 is 1.79 bits per heavy atom. The van der Waals surface area contributed by atoms with E-state index in [1.54, 1.807) is 12.1 Å². The number of ether oxygens (including phenoxy) is 1. The molecule has 4 nitrogen and oxygen atoms in total. The molecular weight excluding hydrogens is 300 g/mol. The molecule has 0 fully saturated rings. The first kappa shape index (κ1) is 16.3. The maximum atomic E-state index is 12.4. The Hall–Kier alpha value is -2.59. The summed E-state index contributed by atoms with van der Waals surface area (Å²) in [5, 5.41) is 0.996. The van der Waals surface area contributed by atoms with Crippen LogP contribution in [-0.4, -0.2) is 43.1 Å². The second kappa shape index (κ2) is 6.49. The zero-order chi connectivity index (χ0) is 17.2. The maximum Gasteiger partial charge on any atom is 0.343 e. The molecule has 0 saturated carbocycles. The van der Waals surface area contributed by atoms with Gasteiger partial charge in [0.25, 0.3) is 0 Å². The number of aromatic amines is 1. The molecule has 1 N–H and O–H groups in total. The number of likely N-dealkylation sites (N-methyl/N-ethyl adjacent to an activating group) is 1. The van der Waals surface area contributed by atoms with E-state index in [4.69, 9.17) is 4.74 Å². The van der Waals surface area contributed by atoms with Crippen LogP contribution in [0.1, 0.15) is 15.9 Å². The van der Waals surface area contributed by atoms with Crippen LogP contribution in [0.4, 0.5) is 0 Å². The molecule has 0 spiro atoms. The molecule has 3 rings (SSSR count). The Kier molecular flexibility index (Phi) is 4.40. The average molecular weight is 323 g/mol. The maximum absolute atomic E-state index is 12.4. The lowest BCUT2D eigenvalue weighted by atomic mass is 10.1. The van der Waals surface area contributed by atoms with Crippen molar-refractivity contribution in [3.05, 3.63) is 65.9 Å². The van der Waals surface area contributed by atoms with Crippen LogP contribution in [0.3, 0.4) is 0 Å². The molecule has 0 unspecified atom stereocenters. The third-order valence-electron chi connectivity index (χ3n) is 4.01. The minimum absolute atomic E-state index is 0.332. The van der Waals surface area contributed by atoms with Crippen molar-refractivity contribution in [2.45, 2.75) is 6.42 Å². The van der Waals surface area contributed by atoms with Gasteiger partial charge in [0, 0.05) is 23.5 Å². The van der Waals surface area contributed by atoms with Crippen LogP contribution in [0.5, 0.6) is 5.75 Å². The van der Waals surface area contributed by atoms with Gasteiger partial charge < -0.3 is 14.2 Å². The minimum Gasteiger partial charge on any atom is -0.422 e. The predicted molar refractivity (Wildman–Crippen MR) is 96.3 cm³/mol. The van der Waals surface area contributed by atoms with Gasteiger partial charge in [-0.15, -0.1) is 0 Å². The number of carbonyl (C=O) groups excluding carboxylic acids is 1. The number of hydrogen-bond acceptors (Lipinski definition) is 2. The number of benzene rings is 2. The van der Waals surface area contributed by atoms with E-state index in [2.05, 4.69) is 26.1 Å². The van der Waals surface area contributed by atoms with Gasteiger partial charge in [0.05, 0.1) is 33.3 Å². The summed E-state index contributed by atoms with van der Waals surface area (Å²) < 4.78 is 6.57. The smallest absolute Gasteiger partial charge is 0.343 e. The van der Waals surface area contributed by atoms with Gasteiger partial charge in [-0.3, -0.25) is 0 Å². The Balaban J connectivity index is 1.90. The van der Waals surface area contributed by atoms with Crippen LogP contribution >= 0.6 is 0 Å². The van der Waals surface area contributed by atoms with E-state index >= 15 is 0 Å². The van der Waals surface area contributed by atoms with E-state index < -0.39 is 0 Å². The number of aromatic nitrogens is 1. The highest BCUT2D eigenvalue weighted by Gasteiger charge is 2.16.